The summed E-state index contributed by atoms with van der Waals surface area (Å²) in [5, 5.41) is 0. The number of hydrogen-bond acceptors (Lipinski definition) is 4. The Kier molecular flexibility index (Phi) is 13.7. The normalized spacial score (nSPS) is 16.3. The van der Waals surface area contributed by atoms with E-state index in [-0.39, 0.29) is 0 Å². The molecule has 7 heteroatoms. The van der Waals surface area contributed by atoms with Crippen molar-refractivity contribution in [3.8, 4) is 0 Å². The van der Waals surface area contributed by atoms with Crippen molar-refractivity contribution in [2.45, 2.75) is 86.5 Å². The van der Waals surface area contributed by atoms with Crippen molar-refractivity contribution in [1.29, 1.82) is 0 Å². The molecule has 0 amide bonds. The Morgan fingerprint density at radius 3 is 0.889 bits per heavy atom. The summed E-state index contributed by atoms with van der Waals surface area (Å²) in [7, 11) is 10.6. The van der Waals surface area contributed by atoms with Gasteiger partial charge in [0.05, 0.1) is 0 Å². The van der Waals surface area contributed by atoms with Crippen molar-refractivity contribution < 1.29 is 13.5 Å². The summed E-state index contributed by atoms with van der Waals surface area (Å²) in [6.07, 6.45) is 8.46. The maximum atomic E-state index is 5.32. The van der Waals surface area contributed by atoms with Crippen LogP contribution in [0.2, 0.25) is 0 Å². The molecule has 0 N–H and O–H groups in total. The van der Waals surface area contributed by atoms with Crippen molar-refractivity contribution >= 4 is 24.0 Å². The van der Waals surface area contributed by atoms with E-state index in [0.717, 1.165) is 0 Å². The van der Waals surface area contributed by atoms with Crippen molar-refractivity contribution in [2.75, 3.05) is 0 Å². The molecule has 0 saturated carbocycles. The number of nitrogens with zero attached hydrogens (tertiary/aromatic N) is 4. The number of rotatable bonds is 4. The molecule has 0 saturated heterocycles. The van der Waals surface area contributed by atoms with Crippen LogP contribution in [0, 0.1) is 13.3 Å². The van der Waals surface area contributed by atoms with Crippen molar-refractivity contribution in [1.82, 2.24) is 19.6 Å². The van der Waals surface area contributed by atoms with Gasteiger partial charge in [0.2, 0.25) is 0 Å². The van der Waals surface area contributed by atoms with Crippen LogP contribution in [0.15, 0.2) is 24.8 Å². The van der Waals surface area contributed by atoms with E-state index in [4.69, 9.17) is 19.4 Å². The van der Waals surface area contributed by atoms with Gasteiger partial charge in [0.15, 0.2) is 0 Å². The Morgan fingerprint density at radius 2 is 0.815 bits per heavy atom. The van der Waals surface area contributed by atoms with Gasteiger partial charge in [-0.15, -0.1) is 0 Å². The van der Waals surface area contributed by atoms with Crippen LogP contribution in [0.4, 0.5) is 0 Å². The van der Waals surface area contributed by atoms with Gasteiger partial charge in [-0.3, -0.25) is 0 Å². The van der Waals surface area contributed by atoms with Crippen LogP contribution in [-0.4, -0.2) is 48.4 Å². The molecule has 2 rings (SSSR count). The minimum atomic E-state index is -1.36. The zero-order valence-corrected chi connectivity index (χ0v) is 21.5. The molecular weight excluding hydrogens is 468 g/mol. The van der Waals surface area contributed by atoms with E-state index in [9.17, 15) is 0 Å². The van der Waals surface area contributed by atoms with Crippen LogP contribution in [0.1, 0.15) is 62.3 Å². The molecule has 2 heterocycles. The van der Waals surface area contributed by atoms with E-state index < -0.39 is 13.5 Å². The summed E-state index contributed by atoms with van der Waals surface area (Å²) in [5.74, 6) is 0. The molecule has 0 bridgehead atoms. The first-order valence-electron chi connectivity index (χ1n) is 9.43. The molecule has 0 aromatic heterocycles. The molecule has 0 fully saturated rings. The fourth-order valence-electron chi connectivity index (χ4n) is 1.99. The Bertz CT molecular complexity index is 418. The fourth-order valence-corrected chi connectivity index (χ4v) is 1.99. The van der Waals surface area contributed by atoms with Crippen LogP contribution < -0.4 is 0 Å². The zero-order chi connectivity index (χ0) is 21.1. The average molecular weight is 507 g/mol. The third-order valence-corrected chi connectivity index (χ3v) is 6.48. The summed E-state index contributed by atoms with van der Waals surface area (Å²) in [6, 6.07) is 2.26. The molecule has 0 atom stereocenters. The monoisotopic (exact) mass is 506 g/mol. The second kappa shape index (κ2) is 13.9. The van der Waals surface area contributed by atoms with E-state index in [1.165, 1.54) is 0 Å². The van der Waals surface area contributed by atoms with Gasteiger partial charge in [0.1, 0.15) is 0 Å². The van der Waals surface area contributed by atoms with Gasteiger partial charge in [0.25, 0.3) is 0 Å². The van der Waals surface area contributed by atoms with Crippen LogP contribution in [0.3, 0.4) is 0 Å². The Balaban J connectivity index is 0.000000405. The van der Waals surface area contributed by atoms with E-state index in [1.807, 2.05) is 11.5 Å². The Labute approximate surface area is 181 Å². The topological polar surface area (TPSA) is 13.0 Å². The van der Waals surface area contributed by atoms with Gasteiger partial charge in [-0.2, -0.15) is 13.3 Å². The van der Waals surface area contributed by atoms with Gasteiger partial charge in [-0.1, -0.05) is 0 Å². The second-order valence-corrected chi connectivity index (χ2v) is 13.6. The van der Waals surface area contributed by atoms with Crippen molar-refractivity contribution in [3.05, 3.63) is 38.1 Å². The molecule has 0 radical (unpaired) electrons. The molecule has 0 aromatic rings. The first-order valence-corrected chi connectivity index (χ1v) is 14.9. The summed E-state index contributed by atoms with van der Waals surface area (Å²) in [5.41, 5.74) is 0. The first-order chi connectivity index (χ1) is 12.5. The summed E-state index contributed by atoms with van der Waals surface area (Å²) in [6.45, 7) is 23.7. The molecule has 4 nitrogen and oxygen atoms in total. The average Bonchev–Trinajstić information content (AvgIpc) is 3.25. The number of hydrogen-bond donors (Lipinski definition) is 0. The van der Waals surface area contributed by atoms with Crippen LogP contribution in [-0.2, 0) is 13.5 Å². The van der Waals surface area contributed by atoms with Crippen LogP contribution >= 0.6 is 19.4 Å². The third-order valence-electron chi connectivity index (χ3n) is 3.89. The van der Waals surface area contributed by atoms with Gasteiger partial charge in [-0.05, 0) is 104 Å². The van der Waals surface area contributed by atoms with Crippen molar-refractivity contribution in [3.63, 3.8) is 0 Å². The van der Waals surface area contributed by atoms with Crippen LogP contribution in [0.25, 0.3) is 0 Å². The van der Waals surface area contributed by atoms with Gasteiger partial charge >= 0.3 is 44.4 Å². The maximum absolute atomic E-state index is 5.32. The molecule has 0 aliphatic carbocycles. The first kappa shape index (κ1) is 26.8. The quantitative estimate of drug-likeness (QED) is 0.355. The molecule has 0 spiro atoms. The molecule has 2 aliphatic heterocycles. The summed E-state index contributed by atoms with van der Waals surface area (Å²) >= 11 is -1.36. The molecular formula is C20H38Cl2N4Ru-2. The molecule has 2 aliphatic rings. The van der Waals surface area contributed by atoms with Gasteiger partial charge in [0, 0.05) is 0 Å². The predicted octanol–water partition coefficient (Wildman–Crippen LogP) is 5.76. The molecule has 0 unspecified atom stereocenters. The standard InChI is InChI=1S/2C9H17N2.C2H4.2ClH.Ru/c2*1-8(2)10-5-6-11(7-10)9(3)4;1-2;;;/h2*5-9H,1-4H3;1H,2H3;2*1H;/q2*-1;;;;+2/p-2. The van der Waals surface area contributed by atoms with E-state index >= 15 is 0 Å². The predicted molar refractivity (Wildman–Crippen MR) is 118 cm³/mol. The second-order valence-electron chi connectivity index (χ2n) is 7.40. The van der Waals surface area contributed by atoms with Crippen molar-refractivity contribution in [2.24, 2.45) is 0 Å². The van der Waals surface area contributed by atoms with E-state index in [0.29, 0.717) is 24.2 Å². The minimum absolute atomic E-state index is 0.565. The van der Waals surface area contributed by atoms with Gasteiger partial charge < -0.3 is 19.6 Å². The number of halogens is 2. The fraction of sp³-hybridized carbons (Fsp3) is 0.650. The molecule has 0 aromatic carbocycles. The van der Waals surface area contributed by atoms with E-state index in [2.05, 4.69) is 113 Å². The Morgan fingerprint density at radius 1 is 0.630 bits per heavy atom. The van der Waals surface area contributed by atoms with E-state index in [1.54, 1.807) is 0 Å². The molecule has 162 valence electrons. The SMILES string of the molecule is CC(C)N1C=CN(C(C)C)[CH-]1.CC(C)N1C=CN(C(C)C)[CH-]1.C[CH]=[Ru]([Cl])[Cl]. The zero-order valence-electron chi connectivity index (χ0n) is 18.2. The Hall–Kier alpha value is -0.247. The summed E-state index contributed by atoms with van der Waals surface area (Å²) in [4.78, 5) is 8.83. The van der Waals surface area contributed by atoms with Crippen LogP contribution in [0.5, 0.6) is 0 Å². The molecule has 27 heavy (non-hydrogen) atoms. The van der Waals surface area contributed by atoms with Gasteiger partial charge in [-0.25, -0.2) is 0 Å². The third kappa shape index (κ3) is 11.4. The summed E-state index contributed by atoms with van der Waals surface area (Å²) < 4.78 is 1.84.